The summed E-state index contributed by atoms with van der Waals surface area (Å²) in [6, 6.07) is 0. The van der Waals surface area contributed by atoms with Crippen molar-refractivity contribution in [2.75, 3.05) is 47.5 Å². The SMILES string of the molecule is CCCCCc1oc(CCCCCCCCCCCCC(=O)O[C@H](COC(=O)CCCCC(=O)C[C@@H]2[C@@H](/C=C/[C@@H](O)CCCCC)[C@H](O)C[C@@H]2O)COP(=O)(O)OCC[N+](C)(C)C)c(C)c1C. The van der Waals surface area contributed by atoms with E-state index < -0.39 is 62.6 Å². The molecule has 1 unspecified atom stereocenters. The van der Waals surface area contributed by atoms with Gasteiger partial charge >= 0.3 is 19.8 Å². The van der Waals surface area contributed by atoms with Crippen LogP contribution in [0.3, 0.4) is 0 Å². The van der Waals surface area contributed by atoms with Gasteiger partial charge in [-0.05, 0) is 63.5 Å². The highest BCUT2D eigenvalue weighted by Crippen LogP contribution is 2.43. The van der Waals surface area contributed by atoms with Crippen LogP contribution in [0.1, 0.15) is 191 Å². The molecule has 0 saturated heterocycles. The van der Waals surface area contributed by atoms with Crippen molar-refractivity contribution in [1.29, 1.82) is 0 Å². The molecule has 1 saturated carbocycles. The summed E-state index contributed by atoms with van der Waals surface area (Å²) in [6.45, 7) is 8.22. The Hall–Kier alpha value is -2.42. The fraction of sp³-hybridized carbons (Fsp3) is 0.827. The minimum Gasteiger partial charge on any atom is -0.466 e. The molecule has 7 atom stereocenters. The normalized spacial score (nSPS) is 19.4. The lowest BCUT2D eigenvalue weighted by Crippen LogP contribution is -2.37. The van der Waals surface area contributed by atoms with Crippen LogP contribution in [0.15, 0.2) is 16.6 Å². The van der Waals surface area contributed by atoms with E-state index in [9.17, 15) is 39.2 Å². The number of carbonyl (C=O) groups excluding carboxylic acids is 3. The first-order valence-electron chi connectivity index (χ1n) is 25.9. The largest absolute Gasteiger partial charge is 0.472 e. The highest BCUT2D eigenvalue weighted by Gasteiger charge is 2.41. The van der Waals surface area contributed by atoms with Crippen molar-refractivity contribution in [1.82, 2.24) is 0 Å². The molecule has 1 aromatic rings. The van der Waals surface area contributed by atoms with Crippen molar-refractivity contribution in [2.24, 2.45) is 11.8 Å². The Morgan fingerprint density at radius 1 is 0.731 bits per heavy atom. The first kappa shape index (κ1) is 60.7. The topological polar surface area (TPSA) is 199 Å². The maximum Gasteiger partial charge on any atom is 0.472 e. The Morgan fingerprint density at radius 2 is 1.27 bits per heavy atom. The van der Waals surface area contributed by atoms with Crippen LogP contribution in [0, 0.1) is 25.7 Å². The van der Waals surface area contributed by atoms with Crippen LogP contribution in [0.5, 0.6) is 0 Å². The number of rotatable bonds is 40. The number of esters is 2. The van der Waals surface area contributed by atoms with Gasteiger partial charge < -0.3 is 38.6 Å². The van der Waals surface area contributed by atoms with E-state index in [1.54, 1.807) is 12.2 Å². The third-order valence-corrected chi connectivity index (χ3v) is 14.0. The van der Waals surface area contributed by atoms with Crippen molar-refractivity contribution in [3.63, 3.8) is 0 Å². The number of nitrogens with zero attached hydrogens (tertiary/aromatic N) is 1. The van der Waals surface area contributed by atoms with Crippen molar-refractivity contribution < 1.29 is 66.6 Å². The first-order valence-corrected chi connectivity index (χ1v) is 27.4. The Kier molecular flexibility index (Phi) is 30.8. The first-order chi connectivity index (χ1) is 31.9. The summed E-state index contributed by atoms with van der Waals surface area (Å²) in [4.78, 5) is 48.7. The zero-order valence-electron chi connectivity index (χ0n) is 42.7. The molecule has 0 bridgehead atoms. The molecule has 1 aliphatic carbocycles. The third kappa shape index (κ3) is 27.5. The minimum atomic E-state index is -4.48. The zero-order valence-corrected chi connectivity index (χ0v) is 43.6. The molecule has 1 fully saturated rings. The van der Waals surface area contributed by atoms with E-state index in [0.29, 0.717) is 36.7 Å². The molecule has 1 aromatic heterocycles. The number of aryl methyl sites for hydroxylation is 2. The van der Waals surface area contributed by atoms with Crippen LogP contribution in [0.4, 0.5) is 0 Å². The van der Waals surface area contributed by atoms with Crippen LogP contribution < -0.4 is 0 Å². The van der Waals surface area contributed by atoms with E-state index in [-0.39, 0.29) is 51.1 Å². The molecule has 15 heteroatoms. The number of Topliss-reactive ketones (excluding diaryl/α,β-unsaturated/α-hetero) is 1. The van der Waals surface area contributed by atoms with Gasteiger partial charge in [0.15, 0.2) is 6.10 Å². The highest BCUT2D eigenvalue weighted by atomic mass is 31.2. The molecule has 0 spiro atoms. The number of unbranched alkanes of at least 4 members (excludes halogenated alkanes) is 14. The number of phosphoric acid groups is 1. The van der Waals surface area contributed by atoms with Crippen LogP contribution in [0.25, 0.3) is 0 Å². The average molecular weight is 971 g/mol. The van der Waals surface area contributed by atoms with Crippen molar-refractivity contribution in [3.8, 4) is 0 Å². The molecule has 4 N–H and O–H groups in total. The number of ketones is 1. The predicted molar refractivity (Wildman–Crippen MR) is 262 cm³/mol. The number of phosphoric ester groups is 1. The number of furan rings is 1. The molecule has 0 aromatic carbocycles. The van der Waals surface area contributed by atoms with E-state index in [0.717, 1.165) is 70.0 Å². The van der Waals surface area contributed by atoms with Gasteiger partial charge in [-0.15, -0.1) is 0 Å². The van der Waals surface area contributed by atoms with Crippen molar-refractivity contribution in [3.05, 3.63) is 34.8 Å². The summed E-state index contributed by atoms with van der Waals surface area (Å²) in [5.41, 5.74) is 2.66. The van der Waals surface area contributed by atoms with Crippen LogP contribution >= 0.6 is 7.82 Å². The molecule has 0 amide bonds. The van der Waals surface area contributed by atoms with E-state index in [4.69, 9.17) is 22.9 Å². The summed E-state index contributed by atoms with van der Waals surface area (Å²) in [6.07, 6.45) is 21.3. The summed E-state index contributed by atoms with van der Waals surface area (Å²) in [5, 5.41) is 31.4. The quantitative estimate of drug-likeness (QED) is 0.0159. The zero-order chi connectivity index (χ0) is 49.7. The minimum absolute atomic E-state index is 0.00123. The Bertz CT molecular complexity index is 1610. The van der Waals surface area contributed by atoms with Gasteiger partial charge in [0, 0.05) is 56.8 Å². The summed E-state index contributed by atoms with van der Waals surface area (Å²) >= 11 is 0. The van der Waals surface area contributed by atoms with Gasteiger partial charge in [0.05, 0.1) is 46.1 Å². The molecule has 388 valence electrons. The maximum absolute atomic E-state index is 12.9. The number of ether oxygens (including phenoxy) is 2. The fourth-order valence-electron chi connectivity index (χ4n) is 8.54. The monoisotopic (exact) mass is 971 g/mol. The molecule has 67 heavy (non-hydrogen) atoms. The van der Waals surface area contributed by atoms with Gasteiger partial charge in [0.2, 0.25) is 0 Å². The van der Waals surface area contributed by atoms with Gasteiger partial charge in [0.1, 0.15) is 37.1 Å². The van der Waals surface area contributed by atoms with E-state index in [2.05, 4.69) is 27.7 Å². The third-order valence-electron chi connectivity index (χ3n) is 13.0. The summed E-state index contributed by atoms with van der Waals surface area (Å²) in [7, 11) is 1.26. The van der Waals surface area contributed by atoms with Gasteiger partial charge in [-0.3, -0.25) is 23.4 Å². The second-order valence-electron chi connectivity index (χ2n) is 20.1. The van der Waals surface area contributed by atoms with Gasteiger partial charge in [-0.1, -0.05) is 109 Å². The number of hydrogen-bond donors (Lipinski definition) is 4. The molecular formula is C52H93NO13P+. The van der Waals surface area contributed by atoms with E-state index in [1.165, 1.54) is 61.8 Å². The standard InChI is InChI=1S/C52H92NO13P/c1-8-10-20-26-42(54)32-33-45-46(48(57)37-47(45)56)36-43(55)27-24-25-30-51(58)62-38-44(39-64-67(60,61)63-35-34-53(5,6)7)65-52(59)31-23-19-17-15-13-12-14-16-18-22-29-50-41(4)40(3)49(66-50)28-21-11-9-2/h32-33,42,44-48,54,56-57H,8-31,34-39H2,1-7H3/p+1/b33-32+/t42-,44+,45+,46+,47+,48-/m0/s1. The molecule has 2 rings (SSSR count). The Morgan fingerprint density at radius 3 is 1.88 bits per heavy atom. The van der Waals surface area contributed by atoms with Crippen molar-refractivity contribution in [2.45, 2.75) is 219 Å². The molecule has 1 heterocycles. The summed E-state index contributed by atoms with van der Waals surface area (Å²) < 4.78 is 40.6. The number of hydrogen-bond acceptors (Lipinski definition) is 12. The lowest BCUT2D eigenvalue weighted by Gasteiger charge is -2.24. The summed E-state index contributed by atoms with van der Waals surface area (Å²) in [5.74, 6) is 0.261. The number of likely N-dealkylation sites (N-methyl/N-ethyl adjacent to an activating group) is 1. The average Bonchev–Trinajstić information content (AvgIpc) is 3.69. The second-order valence-corrected chi connectivity index (χ2v) is 21.6. The number of aliphatic hydroxyl groups excluding tert-OH is 3. The lowest BCUT2D eigenvalue weighted by molar-refractivity contribution is -0.870. The maximum atomic E-state index is 12.9. The van der Waals surface area contributed by atoms with Gasteiger partial charge in [-0.2, -0.15) is 0 Å². The fourth-order valence-corrected chi connectivity index (χ4v) is 9.28. The van der Waals surface area contributed by atoms with Gasteiger partial charge in [0.25, 0.3) is 0 Å². The molecule has 0 radical (unpaired) electrons. The molecule has 1 aliphatic rings. The Labute approximate surface area is 404 Å². The molecule has 14 nitrogen and oxygen atoms in total. The molecular weight excluding hydrogens is 878 g/mol. The Balaban J connectivity index is 1.71. The van der Waals surface area contributed by atoms with Crippen LogP contribution in [-0.2, 0) is 50.3 Å². The van der Waals surface area contributed by atoms with Crippen LogP contribution in [0.2, 0.25) is 0 Å². The number of aliphatic hydroxyl groups is 3. The van der Waals surface area contributed by atoms with E-state index in [1.807, 2.05) is 21.1 Å². The lowest BCUT2D eigenvalue weighted by atomic mass is 9.87. The number of quaternary nitrogens is 1. The van der Waals surface area contributed by atoms with Crippen molar-refractivity contribution >= 4 is 25.5 Å². The predicted octanol–water partition coefficient (Wildman–Crippen LogP) is 10.1. The number of carbonyl (C=O) groups is 3. The second kappa shape index (κ2) is 34.0. The molecule has 0 aliphatic heterocycles. The van der Waals surface area contributed by atoms with E-state index >= 15 is 0 Å². The smallest absolute Gasteiger partial charge is 0.466 e. The highest BCUT2D eigenvalue weighted by molar-refractivity contribution is 7.47. The van der Waals surface area contributed by atoms with Gasteiger partial charge in [-0.25, -0.2) is 4.57 Å². The van der Waals surface area contributed by atoms with Crippen LogP contribution in [-0.4, -0.2) is 114 Å².